The van der Waals surface area contributed by atoms with Crippen molar-refractivity contribution in [3.8, 4) is 11.1 Å². The van der Waals surface area contributed by atoms with Crippen LogP contribution in [0.3, 0.4) is 0 Å². The third kappa shape index (κ3) is 2.37. The van der Waals surface area contributed by atoms with Crippen LogP contribution in [0.2, 0.25) is 0 Å². The van der Waals surface area contributed by atoms with Crippen molar-refractivity contribution in [1.82, 2.24) is 4.98 Å². The van der Waals surface area contributed by atoms with E-state index < -0.39 is 0 Å². The Morgan fingerprint density at radius 3 is 2.47 bits per heavy atom. The summed E-state index contributed by atoms with van der Waals surface area (Å²) in [5.74, 6) is 0. The van der Waals surface area contributed by atoms with Gasteiger partial charge in [-0.3, -0.25) is 4.98 Å². The van der Waals surface area contributed by atoms with Gasteiger partial charge in [0.1, 0.15) is 0 Å². The van der Waals surface area contributed by atoms with Gasteiger partial charge in [-0.25, -0.2) is 0 Å². The van der Waals surface area contributed by atoms with Gasteiger partial charge in [0, 0.05) is 16.6 Å². The predicted molar refractivity (Wildman–Crippen MR) is 81.2 cm³/mol. The number of aromatic nitrogens is 1. The molecule has 1 heterocycles. The highest BCUT2D eigenvalue weighted by molar-refractivity contribution is 5.93. The lowest BCUT2D eigenvalue weighted by Gasteiger charge is -2.08. The zero-order chi connectivity index (χ0) is 13.1. The van der Waals surface area contributed by atoms with E-state index in [1.165, 1.54) is 22.2 Å². The first-order chi connectivity index (χ1) is 9.38. The van der Waals surface area contributed by atoms with Crippen molar-refractivity contribution in [2.45, 2.75) is 19.8 Å². The molecule has 0 spiro atoms. The van der Waals surface area contributed by atoms with Gasteiger partial charge in [0.15, 0.2) is 0 Å². The van der Waals surface area contributed by atoms with E-state index in [2.05, 4.69) is 61.5 Å². The van der Waals surface area contributed by atoms with Gasteiger partial charge in [0.2, 0.25) is 0 Å². The lowest BCUT2D eigenvalue weighted by atomic mass is 10.0. The third-order valence-electron chi connectivity index (χ3n) is 3.37. The van der Waals surface area contributed by atoms with Gasteiger partial charge < -0.3 is 0 Å². The number of para-hydroxylation sites is 1. The Hall–Kier alpha value is -2.15. The van der Waals surface area contributed by atoms with Crippen LogP contribution in [0.15, 0.2) is 60.7 Å². The van der Waals surface area contributed by atoms with Crippen LogP contribution in [-0.2, 0) is 6.42 Å². The highest BCUT2D eigenvalue weighted by atomic mass is 14.7. The quantitative estimate of drug-likeness (QED) is 0.644. The molecule has 0 bridgehead atoms. The van der Waals surface area contributed by atoms with E-state index in [0.717, 1.165) is 18.4 Å². The second-order valence-electron chi connectivity index (χ2n) is 4.80. The SMILES string of the molecule is CCCc1ccc2cccc(-c3ccccc3)c2n1. The van der Waals surface area contributed by atoms with Crippen molar-refractivity contribution in [2.75, 3.05) is 0 Å². The lowest BCUT2D eigenvalue weighted by molar-refractivity contribution is 0.890. The predicted octanol–water partition coefficient (Wildman–Crippen LogP) is 4.85. The van der Waals surface area contributed by atoms with Crippen LogP contribution in [0.5, 0.6) is 0 Å². The maximum absolute atomic E-state index is 4.84. The van der Waals surface area contributed by atoms with Crippen molar-refractivity contribution in [2.24, 2.45) is 0 Å². The molecule has 19 heavy (non-hydrogen) atoms. The number of fused-ring (bicyclic) bond motifs is 1. The Morgan fingerprint density at radius 1 is 0.842 bits per heavy atom. The number of nitrogens with zero attached hydrogens (tertiary/aromatic N) is 1. The average Bonchev–Trinajstić information content (AvgIpc) is 2.48. The Bertz CT molecular complexity index is 686. The molecule has 3 rings (SSSR count). The van der Waals surface area contributed by atoms with Crippen molar-refractivity contribution < 1.29 is 0 Å². The van der Waals surface area contributed by atoms with Gasteiger partial charge in [0.05, 0.1) is 5.52 Å². The summed E-state index contributed by atoms with van der Waals surface area (Å²) < 4.78 is 0. The van der Waals surface area contributed by atoms with Crippen LogP contribution in [0.25, 0.3) is 22.0 Å². The Labute approximate surface area is 113 Å². The summed E-state index contributed by atoms with van der Waals surface area (Å²) in [6.07, 6.45) is 2.17. The van der Waals surface area contributed by atoms with E-state index in [1.54, 1.807) is 0 Å². The summed E-state index contributed by atoms with van der Waals surface area (Å²) in [6.45, 7) is 2.19. The highest BCUT2D eigenvalue weighted by Gasteiger charge is 2.05. The summed E-state index contributed by atoms with van der Waals surface area (Å²) >= 11 is 0. The fraction of sp³-hybridized carbons (Fsp3) is 0.167. The van der Waals surface area contributed by atoms with Crippen molar-refractivity contribution in [3.05, 3.63) is 66.4 Å². The van der Waals surface area contributed by atoms with Gasteiger partial charge in [0.25, 0.3) is 0 Å². The van der Waals surface area contributed by atoms with E-state index in [0.29, 0.717) is 0 Å². The molecule has 0 saturated heterocycles. The molecule has 3 aromatic rings. The lowest BCUT2D eigenvalue weighted by Crippen LogP contribution is -1.91. The Kier molecular flexibility index (Phi) is 3.28. The molecule has 94 valence electrons. The van der Waals surface area contributed by atoms with Crippen LogP contribution in [0.4, 0.5) is 0 Å². The first-order valence-electron chi connectivity index (χ1n) is 6.82. The molecule has 0 unspecified atom stereocenters. The van der Waals surface area contributed by atoms with Crippen LogP contribution in [-0.4, -0.2) is 4.98 Å². The molecule has 1 heteroatoms. The van der Waals surface area contributed by atoms with Crippen LogP contribution in [0, 0.1) is 0 Å². The van der Waals surface area contributed by atoms with Crippen molar-refractivity contribution in [1.29, 1.82) is 0 Å². The minimum Gasteiger partial charge on any atom is -0.252 e. The van der Waals surface area contributed by atoms with Crippen molar-refractivity contribution >= 4 is 10.9 Å². The maximum atomic E-state index is 4.84. The van der Waals surface area contributed by atoms with Gasteiger partial charge >= 0.3 is 0 Å². The standard InChI is InChI=1S/C18H17N/c1-2-7-16-13-12-15-10-6-11-17(18(15)19-16)14-8-4-3-5-9-14/h3-6,8-13H,2,7H2,1H3. The third-order valence-corrected chi connectivity index (χ3v) is 3.37. The fourth-order valence-corrected chi connectivity index (χ4v) is 2.43. The molecule has 0 N–H and O–H groups in total. The summed E-state index contributed by atoms with van der Waals surface area (Å²) in [6, 6.07) is 21.2. The highest BCUT2D eigenvalue weighted by Crippen LogP contribution is 2.27. The average molecular weight is 247 g/mol. The molecule has 0 fully saturated rings. The van der Waals surface area contributed by atoms with Crippen molar-refractivity contribution in [3.63, 3.8) is 0 Å². The van der Waals surface area contributed by atoms with E-state index >= 15 is 0 Å². The van der Waals surface area contributed by atoms with E-state index in [9.17, 15) is 0 Å². The summed E-state index contributed by atoms with van der Waals surface area (Å²) in [5, 5.41) is 1.21. The zero-order valence-electron chi connectivity index (χ0n) is 11.1. The normalized spacial score (nSPS) is 10.8. The largest absolute Gasteiger partial charge is 0.252 e. The summed E-state index contributed by atoms with van der Waals surface area (Å²) in [7, 11) is 0. The van der Waals surface area contributed by atoms with Gasteiger partial charge in [-0.05, 0) is 18.1 Å². The number of hydrogen-bond donors (Lipinski definition) is 0. The minimum atomic E-state index is 1.04. The van der Waals surface area contributed by atoms with E-state index in [4.69, 9.17) is 4.98 Å². The molecule has 0 aliphatic heterocycles. The molecule has 0 saturated carbocycles. The van der Waals surface area contributed by atoms with Gasteiger partial charge in [-0.15, -0.1) is 0 Å². The summed E-state index contributed by atoms with van der Waals surface area (Å²) in [4.78, 5) is 4.84. The van der Waals surface area contributed by atoms with Gasteiger partial charge in [-0.1, -0.05) is 67.9 Å². The topological polar surface area (TPSA) is 12.9 Å². The molecule has 0 atom stereocenters. The molecular weight excluding hydrogens is 230 g/mol. The Morgan fingerprint density at radius 2 is 1.68 bits per heavy atom. The molecule has 0 radical (unpaired) electrons. The smallest absolute Gasteiger partial charge is 0.0783 e. The molecular formula is C18H17N. The minimum absolute atomic E-state index is 1.04. The number of aryl methyl sites for hydroxylation is 1. The number of rotatable bonds is 3. The maximum Gasteiger partial charge on any atom is 0.0783 e. The molecule has 0 amide bonds. The molecule has 2 aromatic carbocycles. The van der Waals surface area contributed by atoms with Gasteiger partial charge in [-0.2, -0.15) is 0 Å². The molecule has 0 aliphatic rings. The summed E-state index contributed by atoms with van der Waals surface area (Å²) in [5.41, 5.74) is 4.74. The second kappa shape index (κ2) is 5.23. The number of benzene rings is 2. The molecule has 0 aliphatic carbocycles. The molecule has 1 nitrogen and oxygen atoms in total. The first kappa shape index (κ1) is 11.9. The van der Waals surface area contributed by atoms with Crippen LogP contribution in [0.1, 0.15) is 19.0 Å². The number of hydrogen-bond acceptors (Lipinski definition) is 1. The fourth-order valence-electron chi connectivity index (χ4n) is 2.43. The zero-order valence-corrected chi connectivity index (χ0v) is 11.1. The monoisotopic (exact) mass is 247 g/mol. The van der Waals surface area contributed by atoms with E-state index in [1.807, 2.05) is 6.07 Å². The number of pyridine rings is 1. The second-order valence-corrected chi connectivity index (χ2v) is 4.80. The van der Waals surface area contributed by atoms with Crippen LogP contribution < -0.4 is 0 Å². The molecule has 1 aromatic heterocycles. The van der Waals surface area contributed by atoms with E-state index in [-0.39, 0.29) is 0 Å². The first-order valence-corrected chi connectivity index (χ1v) is 6.82. The van der Waals surface area contributed by atoms with Crippen LogP contribution >= 0.6 is 0 Å². The Balaban J connectivity index is 2.21.